The Morgan fingerprint density at radius 3 is 1.91 bits per heavy atom. The van der Waals surface area contributed by atoms with E-state index in [1.807, 2.05) is 7.05 Å². The van der Waals surface area contributed by atoms with Crippen molar-refractivity contribution in [3.05, 3.63) is 39.7 Å². The Kier molecular flexibility index (Phi) is 7.10. The zero-order valence-corrected chi connectivity index (χ0v) is 21.2. The first kappa shape index (κ1) is 27.4. The van der Waals surface area contributed by atoms with E-state index in [9.17, 15) is 30.7 Å². The lowest BCUT2D eigenvalue weighted by Gasteiger charge is -2.53. The summed E-state index contributed by atoms with van der Waals surface area (Å²) in [6.45, 7) is 8.21. The summed E-state index contributed by atoms with van der Waals surface area (Å²) in [6.07, 6.45) is -8.01. The summed E-state index contributed by atoms with van der Waals surface area (Å²) in [7, 11) is 2.01. The van der Waals surface area contributed by atoms with Gasteiger partial charge in [-0.05, 0) is 75.6 Å². The lowest BCUT2D eigenvalue weighted by atomic mass is 9.77. The fourth-order valence-corrected chi connectivity index (χ4v) is 5.11. The van der Waals surface area contributed by atoms with Crippen molar-refractivity contribution < 1.29 is 30.7 Å². The number of benzene rings is 1. The Balaban J connectivity index is 1.93. The van der Waals surface area contributed by atoms with Gasteiger partial charge < -0.3 is 10.6 Å². The van der Waals surface area contributed by atoms with Crippen molar-refractivity contribution in [3.63, 3.8) is 0 Å². The largest absolute Gasteiger partial charge is 0.417 e. The van der Waals surface area contributed by atoms with Crippen LogP contribution in [0.2, 0.25) is 0 Å². The second-order valence-corrected chi connectivity index (χ2v) is 10.6. The highest BCUT2D eigenvalue weighted by molar-refractivity contribution is 9.10. The third-order valence-electron chi connectivity index (χ3n) is 6.33. The standard InChI is InChI=1S/C22H25BrF7N5/c1-19(2)8-12(9-20(3,4)35(19)5)32-17-15(24)10-31-18(34-17)33-11-6-13(21(25,26)27)16(23)14(7-11)22(28,29)30/h6-7,10,12H,8-9H2,1-5H3,(H2,31,32,33,34). The first-order chi connectivity index (χ1) is 15.8. The molecule has 194 valence electrons. The molecule has 1 saturated heterocycles. The van der Waals surface area contributed by atoms with Crippen LogP contribution < -0.4 is 10.6 Å². The third-order valence-corrected chi connectivity index (χ3v) is 7.19. The Morgan fingerprint density at radius 2 is 1.46 bits per heavy atom. The van der Waals surface area contributed by atoms with Crippen LogP contribution in [0.15, 0.2) is 22.8 Å². The van der Waals surface area contributed by atoms with Crippen molar-refractivity contribution in [2.45, 2.75) is 70.0 Å². The highest BCUT2D eigenvalue weighted by Crippen LogP contribution is 2.44. The maximum absolute atomic E-state index is 14.5. The quantitative estimate of drug-likeness (QED) is 0.379. The first-order valence-corrected chi connectivity index (χ1v) is 11.4. The van der Waals surface area contributed by atoms with Crippen molar-refractivity contribution in [2.75, 3.05) is 17.7 Å². The zero-order valence-electron chi connectivity index (χ0n) is 19.6. The zero-order chi connectivity index (χ0) is 26.6. The molecule has 2 heterocycles. The minimum absolute atomic E-state index is 0.185. The van der Waals surface area contributed by atoms with Gasteiger partial charge in [-0.25, -0.2) is 9.37 Å². The summed E-state index contributed by atoms with van der Waals surface area (Å²) in [5, 5.41) is 5.37. The van der Waals surface area contributed by atoms with Gasteiger partial charge in [0.2, 0.25) is 5.95 Å². The normalized spacial score (nSPS) is 19.0. The molecule has 0 spiro atoms. The molecular formula is C22H25BrF7N5. The number of nitrogens with zero attached hydrogens (tertiary/aromatic N) is 3. The highest BCUT2D eigenvalue weighted by Gasteiger charge is 2.43. The number of halogens is 8. The van der Waals surface area contributed by atoms with Gasteiger partial charge in [0.05, 0.1) is 17.3 Å². The topological polar surface area (TPSA) is 53.1 Å². The lowest BCUT2D eigenvalue weighted by molar-refractivity contribution is -0.144. The number of hydrogen-bond donors (Lipinski definition) is 2. The Labute approximate surface area is 206 Å². The lowest BCUT2D eigenvalue weighted by Crippen LogP contribution is -2.61. The van der Waals surface area contributed by atoms with Gasteiger partial charge in [-0.1, -0.05) is 0 Å². The molecular weight excluding hydrogens is 547 g/mol. The van der Waals surface area contributed by atoms with Crippen LogP contribution in [0.1, 0.15) is 51.7 Å². The van der Waals surface area contributed by atoms with E-state index in [0.29, 0.717) is 25.0 Å². The van der Waals surface area contributed by atoms with Gasteiger partial charge in [-0.2, -0.15) is 31.3 Å². The van der Waals surface area contributed by atoms with Crippen LogP contribution in [0.5, 0.6) is 0 Å². The highest BCUT2D eigenvalue weighted by atomic mass is 79.9. The van der Waals surface area contributed by atoms with E-state index in [2.05, 4.69) is 69.1 Å². The van der Waals surface area contributed by atoms with Crippen LogP contribution in [-0.4, -0.2) is 39.0 Å². The molecule has 5 nitrogen and oxygen atoms in total. The predicted octanol–water partition coefficient (Wildman–Crippen LogP) is 7.22. The van der Waals surface area contributed by atoms with Crippen molar-refractivity contribution in [1.82, 2.24) is 14.9 Å². The molecule has 0 radical (unpaired) electrons. The number of aromatic nitrogens is 2. The van der Waals surface area contributed by atoms with Crippen molar-refractivity contribution >= 4 is 33.4 Å². The molecule has 2 N–H and O–H groups in total. The van der Waals surface area contributed by atoms with E-state index in [4.69, 9.17) is 0 Å². The van der Waals surface area contributed by atoms with Gasteiger partial charge in [-0.15, -0.1) is 0 Å². The van der Waals surface area contributed by atoms with Gasteiger partial charge in [0, 0.05) is 27.3 Å². The number of likely N-dealkylation sites (tertiary alicyclic amines) is 1. The molecule has 0 unspecified atom stereocenters. The molecule has 1 fully saturated rings. The van der Waals surface area contributed by atoms with E-state index in [1.165, 1.54) is 0 Å². The fraction of sp³-hybridized carbons (Fsp3) is 0.545. The monoisotopic (exact) mass is 571 g/mol. The first-order valence-electron chi connectivity index (χ1n) is 10.6. The summed E-state index contributed by atoms with van der Waals surface area (Å²) >= 11 is 2.41. The van der Waals surface area contributed by atoms with Crippen LogP contribution in [0.3, 0.4) is 0 Å². The maximum atomic E-state index is 14.5. The van der Waals surface area contributed by atoms with Crippen molar-refractivity contribution in [2.24, 2.45) is 0 Å². The summed E-state index contributed by atoms with van der Waals surface area (Å²) < 4.78 is 93.4. The van der Waals surface area contributed by atoms with Crippen molar-refractivity contribution in [3.8, 4) is 0 Å². The third kappa shape index (κ3) is 5.99. The molecule has 0 bridgehead atoms. The van der Waals surface area contributed by atoms with Gasteiger partial charge in [0.15, 0.2) is 11.6 Å². The molecule has 0 atom stereocenters. The molecule has 2 aromatic rings. The molecule has 35 heavy (non-hydrogen) atoms. The Hall–Kier alpha value is -2.15. The summed E-state index contributed by atoms with van der Waals surface area (Å²) in [5.41, 5.74) is -4.03. The van der Waals surface area contributed by atoms with Crippen LogP contribution in [-0.2, 0) is 12.4 Å². The van der Waals surface area contributed by atoms with Crippen LogP contribution in [0.25, 0.3) is 0 Å². The second kappa shape index (κ2) is 9.06. The number of alkyl halides is 6. The summed E-state index contributed by atoms with van der Waals surface area (Å²) in [4.78, 5) is 9.90. The molecule has 1 aromatic carbocycles. The van der Waals surface area contributed by atoms with Gasteiger partial charge in [-0.3, -0.25) is 4.90 Å². The number of nitrogens with one attached hydrogen (secondary N) is 2. The number of anilines is 3. The van der Waals surface area contributed by atoms with Crippen LogP contribution in [0.4, 0.5) is 48.2 Å². The molecule has 0 amide bonds. The molecule has 0 aliphatic carbocycles. The molecule has 1 aliphatic heterocycles. The number of rotatable bonds is 4. The smallest absolute Gasteiger partial charge is 0.365 e. The average Bonchev–Trinajstić information content (AvgIpc) is 2.67. The van der Waals surface area contributed by atoms with E-state index in [1.54, 1.807) is 0 Å². The SMILES string of the molecule is CN1C(C)(C)CC(Nc2nc(Nc3cc(C(F)(F)F)c(Br)c(C(F)(F)F)c3)ncc2F)CC1(C)C. The van der Waals surface area contributed by atoms with E-state index >= 15 is 0 Å². The molecule has 0 saturated carbocycles. The minimum Gasteiger partial charge on any atom is -0.365 e. The molecule has 13 heteroatoms. The molecule has 1 aromatic heterocycles. The van der Waals surface area contributed by atoms with Crippen LogP contribution in [0, 0.1) is 5.82 Å². The Morgan fingerprint density at radius 1 is 0.971 bits per heavy atom. The Bertz CT molecular complexity index is 1050. The van der Waals surface area contributed by atoms with Crippen LogP contribution >= 0.6 is 15.9 Å². The fourth-order valence-electron chi connectivity index (χ4n) is 4.43. The average molecular weight is 572 g/mol. The molecule has 3 rings (SSSR count). The summed E-state index contributed by atoms with van der Waals surface area (Å²) in [5.74, 6) is -1.36. The van der Waals surface area contributed by atoms with Crippen molar-refractivity contribution in [1.29, 1.82) is 0 Å². The summed E-state index contributed by atoms with van der Waals surface area (Å²) in [6, 6.07) is 0.817. The van der Waals surface area contributed by atoms with E-state index in [0.717, 1.165) is 6.20 Å². The molecule has 1 aliphatic rings. The number of hydrogen-bond acceptors (Lipinski definition) is 5. The van der Waals surface area contributed by atoms with E-state index < -0.39 is 39.5 Å². The number of piperidine rings is 1. The van der Waals surface area contributed by atoms with Gasteiger partial charge in [0.1, 0.15) is 0 Å². The second-order valence-electron chi connectivity index (χ2n) is 9.83. The van der Waals surface area contributed by atoms with Gasteiger partial charge >= 0.3 is 12.4 Å². The minimum atomic E-state index is -5.05. The van der Waals surface area contributed by atoms with E-state index in [-0.39, 0.29) is 28.9 Å². The maximum Gasteiger partial charge on any atom is 0.417 e. The predicted molar refractivity (Wildman–Crippen MR) is 122 cm³/mol. The van der Waals surface area contributed by atoms with Gasteiger partial charge in [0.25, 0.3) is 0 Å².